The van der Waals surface area contributed by atoms with Crippen molar-refractivity contribution in [2.45, 2.75) is 13.0 Å². The van der Waals surface area contributed by atoms with Crippen LogP contribution in [0.25, 0.3) is 0 Å². The van der Waals surface area contributed by atoms with Crippen LogP contribution in [0.5, 0.6) is 0 Å². The van der Waals surface area contributed by atoms with E-state index in [1.807, 2.05) is 19.1 Å². The minimum atomic E-state index is 0.0983. The molecule has 4 nitrogen and oxygen atoms in total. The monoisotopic (exact) mass is 269 g/mol. The van der Waals surface area contributed by atoms with E-state index in [4.69, 9.17) is 22.1 Å². The molecule has 18 heavy (non-hydrogen) atoms. The van der Waals surface area contributed by atoms with Crippen molar-refractivity contribution < 1.29 is 4.74 Å². The van der Waals surface area contributed by atoms with E-state index in [-0.39, 0.29) is 6.04 Å². The average Bonchev–Trinajstić information content (AvgIpc) is 2.40. The number of hydrogen-bond donors (Lipinski definition) is 2. The van der Waals surface area contributed by atoms with Crippen molar-refractivity contribution in [1.29, 1.82) is 0 Å². The lowest BCUT2D eigenvalue weighted by Gasteiger charge is -2.31. The Morgan fingerprint density at radius 1 is 1.44 bits per heavy atom. The number of nitrogens with two attached hydrogens (primary N) is 1. The quantitative estimate of drug-likeness (QED) is 0.870. The van der Waals surface area contributed by atoms with E-state index in [0.717, 1.165) is 42.5 Å². The molecule has 1 aromatic rings. The first-order chi connectivity index (χ1) is 8.70. The smallest absolute Gasteiger partial charge is 0.0608 e. The van der Waals surface area contributed by atoms with Crippen LogP contribution >= 0.6 is 11.6 Å². The lowest BCUT2D eigenvalue weighted by Crippen LogP contribution is -2.48. The number of hydrazine groups is 1. The van der Waals surface area contributed by atoms with E-state index < -0.39 is 0 Å². The molecule has 1 saturated heterocycles. The number of halogens is 1. The Bertz CT molecular complexity index is 394. The van der Waals surface area contributed by atoms with Gasteiger partial charge in [0.2, 0.25) is 0 Å². The van der Waals surface area contributed by atoms with Crippen molar-refractivity contribution in [3.63, 3.8) is 0 Å². The van der Waals surface area contributed by atoms with Gasteiger partial charge in [-0.25, -0.2) is 10.4 Å². The second kappa shape index (κ2) is 6.50. The Morgan fingerprint density at radius 2 is 2.17 bits per heavy atom. The van der Waals surface area contributed by atoms with Gasteiger partial charge in [0.15, 0.2) is 0 Å². The molecule has 0 bridgehead atoms. The number of nitrogens with zero attached hydrogens (tertiary/aromatic N) is 1. The molecule has 0 amide bonds. The molecule has 0 aliphatic carbocycles. The van der Waals surface area contributed by atoms with Crippen molar-refractivity contribution in [3.05, 3.63) is 34.3 Å². The fourth-order valence-electron chi connectivity index (χ4n) is 2.00. The summed E-state index contributed by atoms with van der Waals surface area (Å²) in [6, 6.07) is 6.19. The van der Waals surface area contributed by atoms with Crippen LogP contribution in [0.15, 0.2) is 18.2 Å². The van der Waals surface area contributed by atoms with Crippen molar-refractivity contribution in [2.75, 3.05) is 32.8 Å². The Hall–Kier alpha value is -0.650. The van der Waals surface area contributed by atoms with Crippen molar-refractivity contribution in [2.24, 2.45) is 5.73 Å². The van der Waals surface area contributed by atoms with Gasteiger partial charge in [-0.2, -0.15) is 0 Å². The first-order valence-electron chi connectivity index (χ1n) is 6.25. The van der Waals surface area contributed by atoms with E-state index in [1.54, 1.807) is 0 Å². The number of nitrogens with one attached hydrogen (secondary N) is 1. The number of ether oxygens (including phenoxy) is 1. The predicted molar refractivity (Wildman–Crippen MR) is 73.5 cm³/mol. The van der Waals surface area contributed by atoms with Gasteiger partial charge in [-0.1, -0.05) is 23.7 Å². The Kier molecular flexibility index (Phi) is 4.97. The van der Waals surface area contributed by atoms with E-state index in [0.29, 0.717) is 6.54 Å². The maximum Gasteiger partial charge on any atom is 0.0608 e. The molecule has 2 rings (SSSR count). The van der Waals surface area contributed by atoms with Crippen LogP contribution in [0.2, 0.25) is 5.02 Å². The number of morpholine rings is 1. The zero-order chi connectivity index (χ0) is 13.0. The maximum absolute atomic E-state index is 6.16. The van der Waals surface area contributed by atoms with Crippen molar-refractivity contribution >= 4 is 11.6 Å². The summed E-state index contributed by atoms with van der Waals surface area (Å²) in [5.74, 6) is 0. The molecule has 1 aromatic carbocycles. The molecule has 100 valence electrons. The maximum atomic E-state index is 6.16. The minimum Gasteiger partial charge on any atom is -0.379 e. The molecule has 1 unspecified atom stereocenters. The summed E-state index contributed by atoms with van der Waals surface area (Å²) in [5, 5.41) is 2.95. The van der Waals surface area contributed by atoms with Gasteiger partial charge in [-0.05, 0) is 24.1 Å². The summed E-state index contributed by atoms with van der Waals surface area (Å²) in [4.78, 5) is 0. The molecule has 0 aromatic heterocycles. The molecule has 1 aliphatic rings. The second-order valence-electron chi connectivity index (χ2n) is 4.53. The summed E-state index contributed by atoms with van der Waals surface area (Å²) < 4.78 is 5.32. The first-order valence-corrected chi connectivity index (χ1v) is 6.63. The second-order valence-corrected chi connectivity index (χ2v) is 4.93. The molecule has 1 aliphatic heterocycles. The topological polar surface area (TPSA) is 50.5 Å². The number of benzene rings is 1. The van der Waals surface area contributed by atoms with Gasteiger partial charge in [-0.3, -0.25) is 0 Å². The van der Waals surface area contributed by atoms with E-state index >= 15 is 0 Å². The van der Waals surface area contributed by atoms with E-state index in [2.05, 4.69) is 16.5 Å². The molecule has 5 heteroatoms. The summed E-state index contributed by atoms with van der Waals surface area (Å²) in [6.45, 7) is 5.83. The van der Waals surface area contributed by atoms with Crippen LogP contribution in [0.3, 0.4) is 0 Å². The molecule has 0 radical (unpaired) electrons. The Morgan fingerprint density at radius 3 is 2.78 bits per heavy atom. The number of hydrogen-bond acceptors (Lipinski definition) is 4. The van der Waals surface area contributed by atoms with E-state index in [9.17, 15) is 0 Å². The zero-order valence-corrected chi connectivity index (χ0v) is 11.4. The summed E-state index contributed by atoms with van der Waals surface area (Å²) in [5.41, 5.74) is 11.5. The highest BCUT2D eigenvalue weighted by atomic mass is 35.5. The summed E-state index contributed by atoms with van der Waals surface area (Å²) in [6.07, 6.45) is 0. The molecule has 1 atom stereocenters. The van der Waals surface area contributed by atoms with Crippen molar-refractivity contribution in [3.8, 4) is 0 Å². The molecule has 0 saturated carbocycles. The number of aryl methyl sites for hydroxylation is 1. The lowest BCUT2D eigenvalue weighted by atomic mass is 10.1. The predicted octanol–water partition coefficient (Wildman–Crippen LogP) is 1.49. The van der Waals surface area contributed by atoms with E-state index in [1.165, 1.54) is 0 Å². The van der Waals surface area contributed by atoms with Gasteiger partial charge in [0.1, 0.15) is 0 Å². The fraction of sp³-hybridized carbons (Fsp3) is 0.538. The highest BCUT2D eigenvalue weighted by molar-refractivity contribution is 6.31. The lowest BCUT2D eigenvalue weighted by molar-refractivity contribution is 0.00405. The summed E-state index contributed by atoms with van der Waals surface area (Å²) >= 11 is 6.16. The Labute approximate surface area is 113 Å². The van der Waals surface area contributed by atoms with Gasteiger partial charge in [0.05, 0.1) is 19.3 Å². The third kappa shape index (κ3) is 3.43. The molecule has 3 N–H and O–H groups in total. The van der Waals surface area contributed by atoms with Gasteiger partial charge in [0, 0.05) is 24.7 Å². The molecule has 0 spiro atoms. The SMILES string of the molecule is Cc1ccc(C(CN)NN2CCOCC2)cc1Cl. The van der Waals surface area contributed by atoms with Crippen LogP contribution in [0.4, 0.5) is 0 Å². The molecular formula is C13H20ClN3O. The van der Waals surface area contributed by atoms with Crippen LogP contribution in [0.1, 0.15) is 17.2 Å². The molecule has 1 fully saturated rings. The third-order valence-electron chi connectivity index (χ3n) is 3.18. The first kappa shape index (κ1) is 13.8. The third-order valence-corrected chi connectivity index (χ3v) is 3.59. The Balaban J connectivity index is 2.04. The van der Waals surface area contributed by atoms with Gasteiger partial charge in [0.25, 0.3) is 0 Å². The van der Waals surface area contributed by atoms with Crippen LogP contribution < -0.4 is 11.2 Å². The molecule has 1 heterocycles. The zero-order valence-electron chi connectivity index (χ0n) is 10.7. The van der Waals surface area contributed by atoms with Gasteiger partial charge < -0.3 is 10.5 Å². The van der Waals surface area contributed by atoms with Crippen LogP contribution in [0, 0.1) is 6.92 Å². The highest BCUT2D eigenvalue weighted by Crippen LogP contribution is 2.21. The average molecular weight is 270 g/mol. The minimum absolute atomic E-state index is 0.0983. The molecular weight excluding hydrogens is 250 g/mol. The van der Waals surface area contributed by atoms with Gasteiger partial charge in [-0.15, -0.1) is 0 Å². The van der Waals surface area contributed by atoms with Crippen LogP contribution in [-0.2, 0) is 4.74 Å². The fourth-order valence-corrected chi connectivity index (χ4v) is 2.19. The normalized spacial score (nSPS) is 18.8. The highest BCUT2D eigenvalue weighted by Gasteiger charge is 2.16. The van der Waals surface area contributed by atoms with Gasteiger partial charge >= 0.3 is 0 Å². The van der Waals surface area contributed by atoms with Crippen molar-refractivity contribution in [1.82, 2.24) is 10.4 Å². The summed E-state index contributed by atoms with van der Waals surface area (Å²) in [7, 11) is 0. The van der Waals surface area contributed by atoms with Crippen LogP contribution in [-0.4, -0.2) is 37.9 Å². The number of rotatable bonds is 4. The standard InChI is InChI=1S/C13H20ClN3O/c1-10-2-3-11(8-12(10)14)13(9-15)16-17-4-6-18-7-5-17/h2-3,8,13,16H,4-7,9,15H2,1H3. The largest absolute Gasteiger partial charge is 0.379 e.